The van der Waals surface area contributed by atoms with Gasteiger partial charge in [-0.1, -0.05) is 0 Å². The van der Waals surface area contributed by atoms with E-state index in [1.54, 1.807) is 25.3 Å². The van der Waals surface area contributed by atoms with Gasteiger partial charge in [0.2, 0.25) is 5.91 Å². The van der Waals surface area contributed by atoms with E-state index in [4.69, 9.17) is 0 Å². The molecule has 0 saturated carbocycles. The standard InChI is InChI=1S/C9H17N5O/c1-7(9(15)13(2)3)10-5-8-12-11-6-14(8)4/h6-7,10H,5H2,1-4H3. The van der Waals surface area contributed by atoms with Crippen molar-refractivity contribution < 1.29 is 4.79 Å². The molecule has 1 unspecified atom stereocenters. The molecule has 0 saturated heterocycles. The van der Waals surface area contributed by atoms with Gasteiger partial charge in [0.15, 0.2) is 0 Å². The number of aromatic nitrogens is 3. The number of hydrogen-bond acceptors (Lipinski definition) is 4. The Hall–Kier alpha value is -1.43. The Morgan fingerprint density at radius 2 is 2.33 bits per heavy atom. The van der Waals surface area contributed by atoms with Crippen molar-refractivity contribution in [2.24, 2.45) is 7.05 Å². The summed E-state index contributed by atoms with van der Waals surface area (Å²) in [5, 5.41) is 10.8. The Kier molecular flexibility index (Phi) is 3.79. The SMILES string of the molecule is CC(NCc1nncn1C)C(=O)N(C)C. The number of carbonyl (C=O) groups excluding carboxylic acids is 1. The van der Waals surface area contributed by atoms with Crippen LogP contribution in [0.2, 0.25) is 0 Å². The third-order valence-electron chi connectivity index (χ3n) is 2.18. The van der Waals surface area contributed by atoms with Gasteiger partial charge >= 0.3 is 0 Å². The van der Waals surface area contributed by atoms with Crippen molar-refractivity contribution >= 4 is 5.91 Å². The van der Waals surface area contributed by atoms with Gasteiger partial charge in [-0.2, -0.15) is 0 Å². The maximum atomic E-state index is 11.5. The van der Waals surface area contributed by atoms with Crippen molar-refractivity contribution in [3.05, 3.63) is 12.2 Å². The van der Waals surface area contributed by atoms with Gasteiger partial charge in [0.1, 0.15) is 12.2 Å². The molecule has 1 atom stereocenters. The average Bonchev–Trinajstić information content (AvgIpc) is 2.59. The molecule has 0 aliphatic rings. The van der Waals surface area contributed by atoms with Gasteiger partial charge in [-0.25, -0.2) is 0 Å². The number of hydrogen-bond donors (Lipinski definition) is 1. The summed E-state index contributed by atoms with van der Waals surface area (Å²) in [7, 11) is 5.35. The molecule has 6 heteroatoms. The lowest BCUT2D eigenvalue weighted by Gasteiger charge is -2.17. The molecule has 0 aliphatic heterocycles. The van der Waals surface area contributed by atoms with Crippen LogP contribution in [0.15, 0.2) is 6.33 Å². The van der Waals surface area contributed by atoms with Crippen LogP contribution in [0.5, 0.6) is 0 Å². The van der Waals surface area contributed by atoms with Gasteiger partial charge in [-0.3, -0.25) is 10.1 Å². The first-order valence-corrected chi connectivity index (χ1v) is 4.79. The lowest BCUT2D eigenvalue weighted by Crippen LogP contribution is -2.41. The van der Waals surface area contributed by atoms with Crippen LogP contribution in [-0.2, 0) is 18.4 Å². The van der Waals surface area contributed by atoms with Crippen LogP contribution in [-0.4, -0.2) is 45.7 Å². The van der Waals surface area contributed by atoms with Crippen LogP contribution in [0.25, 0.3) is 0 Å². The summed E-state index contributed by atoms with van der Waals surface area (Å²) >= 11 is 0. The van der Waals surface area contributed by atoms with Crippen LogP contribution in [0.4, 0.5) is 0 Å². The highest BCUT2D eigenvalue weighted by Gasteiger charge is 2.14. The number of aryl methyl sites for hydroxylation is 1. The van der Waals surface area contributed by atoms with Gasteiger partial charge in [-0.05, 0) is 6.92 Å². The lowest BCUT2D eigenvalue weighted by molar-refractivity contribution is -0.130. The number of nitrogens with one attached hydrogen (secondary N) is 1. The van der Waals surface area contributed by atoms with Crippen molar-refractivity contribution in [3.8, 4) is 0 Å². The van der Waals surface area contributed by atoms with Crippen molar-refractivity contribution in [1.29, 1.82) is 0 Å². The molecule has 0 aromatic carbocycles. The number of carbonyl (C=O) groups is 1. The molecule has 0 spiro atoms. The molecular weight excluding hydrogens is 194 g/mol. The molecule has 1 amide bonds. The monoisotopic (exact) mass is 211 g/mol. The fourth-order valence-electron chi connectivity index (χ4n) is 1.19. The maximum Gasteiger partial charge on any atom is 0.238 e. The molecule has 0 radical (unpaired) electrons. The van der Waals surface area contributed by atoms with Gasteiger partial charge in [-0.15, -0.1) is 10.2 Å². The predicted octanol–water partition coefficient (Wildman–Crippen LogP) is -0.619. The van der Waals surface area contributed by atoms with E-state index in [-0.39, 0.29) is 11.9 Å². The minimum Gasteiger partial charge on any atom is -0.347 e. The molecule has 1 N–H and O–H groups in total. The second-order valence-electron chi connectivity index (χ2n) is 3.69. The predicted molar refractivity (Wildman–Crippen MR) is 56.0 cm³/mol. The first-order valence-electron chi connectivity index (χ1n) is 4.79. The summed E-state index contributed by atoms with van der Waals surface area (Å²) in [6.45, 7) is 2.37. The summed E-state index contributed by atoms with van der Waals surface area (Å²) < 4.78 is 1.82. The summed E-state index contributed by atoms with van der Waals surface area (Å²) in [6, 6.07) is -0.211. The van der Waals surface area contributed by atoms with Crippen molar-refractivity contribution in [1.82, 2.24) is 25.0 Å². The Balaban J connectivity index is 2.44. The Morgan fingerprint density at radius 1 is 1.67 bits per heavy atom. The Labute approximate surface area is 89.3 Å². The van der Waals surface area contributed by atoms with E-state index in [1.807, 2.05) is 18.5 Å². The number of rotatable bonds is 4. The fraction of sp³-hybridized carbons (Fsp3) is 0.667. The zero-order valence-electron chi connectivity index (χ0n) is 9.56. The maximum absolute atomic E-state index is 11.5. The molecule has 84 valence electrons. The molecule has 0 bridgehead atoms. The molecule has 6 nitrogen and oxygen atoms in total. The van der Waals surface area contributed by atoms with Crippen LogP contribution in [0, 0.1) is 0 Å². The average molecular weight is 211 g/mol. The van der Waals surface area contributed by atoms with Crippen molar-refractivity contribution in [2.45, 2.75) is 19.5 Å². The Morgan fingerprint density at radius 3 is 2.80 bits per heavy atom. The minimum absolute atomic E-state index is 0.0529. The topological polar surface area (TPSA) is 63.1 Å². The number of amides is 1. The van der Waals surface area contributed by atoms with Crippen LogP contribution in [0.1, 0.15) is 12.7 Å². The van der Waals surface area contributed by atoms with Crippen molar-refractivity contribution in [2.75, 3.05) is 14.1 Å². The summed E-state index contributed by atoms with van der Waals surface area (Å²) in [4.78, 5) is 13.1. The molecule has 1 rings (SSSR count). The molecule has 1 heterocycles. The van der Waals surface area contributed by atoms with E-state index < -0.39 is 0 Å². The van der Waals surface area contributed by atoms with Gasteiger partial charge in [0.25, 0.3) is 0 Å². The van der Waals surface area contributed by atoms with Gasteiger partial charge in [0.05, 0.1) is 12.6 Å². The van der Waals surface area contributed by atoms with Crippen LogP contribution < -0.4 is 5.32 Å². The molecule has 15 heavy (non-hydrogen) atoms. The molecular formula is C9H17N5O. The lowest BCUT2D eigenvalue weighted by atomic mass is 10.3. The summed E-state index contributed by atoms with van der Waals surface area (Å²) in [6.07, 6.45) is 1.63. The van der Waals surface area contributed by atoms with E-state index in [9.17, 15) is 4.79 Å². The summed E-state index contributed by atoms with van der Waals surface area (Å²) in [5.41, 5.74) is 0. The third-order valence-corrected chi connectivity index (χ3v) is 2.18. The Bertz CT molecular complexity index is 333. The quantitative estimate of drug-likeness (QED) is 0.721. The summed E-state index contributed by atoms with van der Waals surface area (Å²) in [5.74, 6) is 0.866. The van der Waals surface area contributed by atoms with E-state index in [1.165, 1.54) is 0 Å². The number of nitrogens with zero attached hydrogens (tertiary/aromatic N) is 4. The third kappa shape index (κ3) is 3.02. The number of likely N-dealkylation sites (N-methyl/N-ethyl adjacent to an activating group) is 1. The highest BCUT2D eigenvalue weighted by Crippen LogP contribution is 1.94. The zero-order valence-corrected chi connectivity index (χ0v) is 9.56. The van der Waals surface area contributed by atoms with E-state index in [0.29, 0.717) is 6.54 Å². The van der Waals surface area contributed by atoms with Crippen molar-refractivity contribution in [3.63, 3.8) is 0 Å². The van der Waals surface area contributed by atoms with Crippen LogP contribution in [0.3, 0.4) is 0 Å². The smallest absolute Gasteiger partial charge is 0.238 e. The highest BCUT2D eigenvalue weighted by atomic mass is 16.2. The minimum atomic E-state index is -0.211. The van der Waals surface area contributed by atoms with E-state index in [0.717, 1.165) is 5.82 Å². The normalized spacial score (nSPS) is 12.5. The zero-order chi connectivity index (χ0) is 11.4. The van der Waals surface area contributed by atoms with Gasteiger partial charge in [0, 0.05) is 21.1 Å². The second kappa shape index (κ2) is 4.88. The van der Waals surface area contributed by atoms with Gasteiger partial charge < -0.3 is 9.47 Å². The first-order chi connectivity index (χ1) is 7.02. The first kappa shape index (κ1) is 11.6. The highest BCUT2D eigenvalue weighted by molar-refractivity contribution is 5.80. The second-order valence-corrected chi connectivity index (χ2v) is 3.69. The van der Waals surface area contributed by atoms with Crippen LogP contribution >= 0.6 is 0 Å². The molecule has 0 aliphatic carbocycles. The fourth-order valence-corrected chi connectivity index (χ4v) is 1.19. The molecule has 1 aromatic heterocycles. The largest absolute Gasteiger partial charge is 0.347 e. The molecule has 1 aromatic rings. The van der Waals surface area contributed by atoms with E-state index in [2.05, 4.69) is 15.5 Å². The molecule has 0 fully saturated rings. The van der Waals surface area contributed by atoms with E-state index >= 15 is 0 Å².